The van der Waals surface area contributed by atoms with Gasteiger partial charge in [0.15, 0.2) is 0 Å². The Bertz CT molecular complexity index is 665. The lowest BCUT2D eigenvalue weighted by Gasteiger charge is -2.34. The van der Waals surface area contributed by atoms with Crippen molar-refractivity contribution in [3.63, 3.8) is 0 Å². The van der Waals surface area contributed by atoms with Crippen LogP contribution in [0.15, 0.2) is 18.2 Å². The average molecular weight is 340 g/mol. The molecule has 0 atom stereocenters. The number of rotatable bonds is 5. The van der Waals surface area contributed by atoms with E-state index in [1.54, 1.807) is 17.0 Å². The van der Waals surface area contributed by atoms with Gasteiger partial charge >= 0.3 is 0 Å². The molecule has 6 nitrogen and oxygen atoms in total. The van der Waals surface area contributed by atoms with E-state index < -0.39 is 10.0 Å². The first-order valence-electron chi connectivity index (χ1n) is 7.80. The smallest absolute Gasteiger partial charge is 0.257 e. The maximum Gasteiger partial charge on any atom is 0.257 e. The van der Waals surface area contributed by atoms with Crippen LogP contribution in [0.25, 0.3) is 0 Å². The van der Waals surface area contributed by atoms with Gasteiger partial charge in [-0.25, -0.2) is 8.42 Å². The number of carbonyl (C=O) groups is 1. The van der Waals surface area contributed by atoms with E-state index >= 15 is 0 Å². The number of nitrogens with zero attached hydrogens (tertiary/aromatic N) is 2. The van der Waals surface area contributed by atoms with Gasteiger partial charge in [0, 0.05) is 26.2 Å². The third-order valence-electron chi connectivity index (χ3n) is 3.97. The van der Waals surface area contributed by atoms with Crippen LogP contribution in [0.2, 0.25) is 0 Å². The minimum Gasteiger partial charge on any atom is -0.496 e. The number of hydrogen-bond donors (Lipinski definition) is 0. The van der Waals surface area contributed by atoms with Crippen LogP contribution in [0.4, 0.5) is 0 Å². The molecule has 0 saturated carbocycles. The molecule has 1 aromatic rings. The van der Waals surface area contributed by atoms with Crippen molar-refractivity contribution in [2.24, 2.45) is 0 Å². The number of sulfonamides is 1. The summed E-state index contributed by atoms with van der Waals surface area (Å²) in [6.07, 6.45) is 0.599. The first-order chi connectivity index (χ1) is 10.9. The fourth-order valence-corrected chi connectivity index (χ4v) is 4.21. The van der Waals surface area contributed by atoms with Crippen LogP contribution in [-0.4, -0.2) is 62.6 Å². The van der Waals surface area contributed by atoms with Crippen molar-refractivity contribution in [3.8, 4) is 5.75 Å². The van der Waals surface area contributed by atoms with Crippen LogP contribution in [0.5, 0.6) is 5.75 Å². The molecule has 1 aliphatic heterocycles. The van der Waals surface area contributed by atoms with Gasteiger partial charge in [0.1, 0.15) is 5.75 Å². The van der Waals surface area contributed by atoms with Crippen molar-refractivity contribution in [1.29, 1.82) is 0 Å². The van der Waals surface area contributed by atoms with E-state index in [-0.39, 0.29) is 11.7 Å². The quantitative estimate of drug-likeness (QED) is 0.815. The molecule has 0 N–H and O–H groups in total. The first kappa shape index (κ1) is 17.7. The Kier molecular flexibility index (Phi) is 5.64. The molecule has 1 fully saturated rings. The minimum atomic E-state index is -3.20. The molecule has 0 aromatic heterocycles. The summed E-state index contributed by atoms with van der Waals surface area (Å²) in [7, 11) is -1.66. The summed E-state index contributed by atoms with van der Waals surface area (Å²) >= 11 is 0. The fraction of sp³-hybridized carbons (Fsp3) is 0.562. The molecule has 0 bridgehead atoms. The van der Waals surface area contributed by atoms with Gasteiger partial charge < -0.3 is 9.64 Å². The SMILES string of the molecule is CCCS(=O)(=O)N1CCN(C(=O)c2cc(C)ccc2OC)CC1. The molecule has 0 unspecified atom stereocenters. The Morgan fingerprint density at radius 1 is 1.22 bits per heavy atom. The van der Waals surface area contributed by atoms with Gasteiger partial charge in [-0.3, -0.25) is 4.79 Å². The predicted molar refractivity (Wildman–Crippen MR) is 89.3 cm³/mol. The second-order valence-electron chi connectivity index (χ2n) is 5.71. The zero-order valence-electron chi connectivity index (χ0n) is 13.9. The van der Waals surface area contributed by atoms with Crippen LogP contribution in [0, 0.1) is 6.92 Å². The number of ether oxygens (including phenoxy) is 1. The number of amides is 1. The topological polar surface area (TPSA) is 66.9 Å². The van der Waals surface area contributed by atoms with Crippen molar-refractivity contribution in [2.75, 3.05) is 39.0 Å². The van der Waals surface area contributed by atoms with Crippen LogP contribution in [-0.2, 0) is 10.0 Å². The molecule has 1 aromatic carbocycles. The van der Waals surface area contributed by atoms with Gasteiger partial charge in [-0.15, -0.1) is 0 Å². The number of methoxy groups -OCH3 is 1. The monoisotopic (exact) mass is 340 g/mol. The standard InChI is InChI=1S/C16H24N2O4S/c1-4-11-23(20,21)18-9-7-17(8-10-18)16(19)14-12-13(2)5-6-15(14)22-3/h5-6,12H,4,7-11H2,1-3H3. The number of piperazine rings is 1. The predicted octanol–water partition coefficient (Wildman–Crippen LogP) is 1.50. The zero-order chi connectivity index (χ0) is 17.0. The Hall–Kier alpha value is -1.60. The lowest BCUT2D eigenvalue weighted by Crippen LogP contribution is -2.51. The zero-order valence-corrected chi connectivity index (χ0v) is 14.7. The van der Waals surface area contributed by atoms with Crippen molar-refractivity contribution in [1.82, 2.24) is 9.21 Å². The summed E-state index contributed by atoms with van der Waals surface area (Å²) in [5, 5.41) is 0. The van der Waals surface area contributed by atoms with E-state index in [9.17, 15) is 13.2 Å². The van der Waals surface area contributed by atoms with Gasteiger partial charge in [-0.1, -0.05) is 18.6 Å². The van der Waals surface area contributed by atoms with E-state index in [0.29, 0.717) is 43.9 Å². The van der Waals surface area contributed by atoms with Crippen LogP contribution in [0.3, 0.4) is 0 Å². The summed E-state index contributed by atoms with van der Waals surface area (Å²) in [5.41, 5.74) is 1.51. The normalized spacial score (nSPS) is 16.4. The third kappa shape index (κ3) is 4.03. The van der Waals surface area contributed by atoms with Gasteiger partial charge in [0.2, 0.25) is 10.0 Å². The molecule has 23 heavy (non-hydrogen) atoms. The maximum atomic E-state index is 12.7. The lowest BCUT2D eigenvalue weighted by molar-refractivity contribution is 0.0694. The number of aryl methyl sites for hydroxylation is 1. The van der Waals surface area contributed by atoms with Crippen LogP contribution in [0.1, 0.15) is 29.3 Å². The molecule has 0 radical (unpaired) electrons. The molecule has 0 aliphatic carbocycles. The molecule has 7 heteroatoms. The van der Waals surface area contributed by atoms with Crippen molar-refractivity contribution in [2.45, 2.75) is 20.3 Å². The number of carbonyl (C=O) groups excluding carboxylic acids is 1. The maximum absolute atomic E-state index is 12.7. The second kappa shape index (κ2) is 7.31. The van der Waals surface area contributed by atoms with E-state index in [0.717, 1.165) is 5.56 Å². The van der Waals surface area contributed by atoms with Crippen molar-refractivity contribution in [3.05, 3.63) is 29.3 Å². The largest absolute Gasteiger partial charge is 0.496 e. The van der Waals surface area contributed by atoms with E-state index in [1.165, 1.54) is 11.4 Å². The molecule has 1 amide bonds. The van der Waals surface area contributed by atoms with Crippen molar-refractivity contribution < 1.29 is 17.9 Å². The highest BCUT2D eigenvalue weighted by atomic mass is 32.2. The van der Waals surface area contributed by atoms with E-state index in [4.69, 9.17) is 4.74 Å². The van der Waals surface area contributed by atoms with Gasteiger partial charge in [0.25, 0.3) is 5.91 Å². The fourth-order valence-electron chi connectivity index (χ4n) is 2.72. The molecule has 1 saturated heterocycles. The van der Waals surface area contributed by atoms with Crippen LogP contribution < -0.4 is 4.74 Å². The first-order valence-corrected chi connectivity index (χ1v) is 9.41. The Balaban J connectivity index is 2.09. The van der Waals surface area contributed by atoms with Crippen LogP contribution >= 0.6 is 0 Å². The molecule has 1 heterocycles. The van der Waals surface area contributed by atoms with E-state index in [2.05, 4.69) is 0 Å². The molecular weight excluding hydrogens is 316 g/mol. The Labute approximate surface area is 138 Å². The highest BCUT2D eigenvalue weighted by Gasteiger charge is 2.29. The average Bonchev–Trinajstić information content (AvgIpc) is 2.54. The summed E-state index contributed by atoms with van der Waals surface area (Å²) in [6, 6.07) is 5.48. The minimum absolute atomic E-state index is 0.113. The Morgan fingerprint density at radius 3 is 2.43 bits per heavy atom. The highest BCUT2D eigenvalue weighted by molar-refractivity contribution is 7.89. The third-order valence-corrected chi connectivity index (χ3v) is 6.04. The number of hydrogen-bond acceptors (Lipinski definition) is 4. The summed E-state index contributed by atoms with van der Waals surface area (Å²) < 4.78 is 30.9. The number of benzene rings is 1. The molecule has 2 rings (SSSR count). The molecule has 0 spiro atoms. The highest BCUT2D eigenvalue weighted by Crippen LogP contribution is 2.22. The van der Waals surface area contributed by atoms with Gasteiger partial charge in [-0.05, 0) is 25.5 Å². The lowest BCUT2D eigenvalue weighted by atomic mass is 10.1. The van der Waals surface area contributed by atoms with Gasteiger partial charge in [-0.2, -0.15) is 4.31 Å². The van der Waals surface area contributed by atoms with Gasteiger partial charge in [0.05, 0.1) is 18.4 Å². The molecule has 1 aliphatic rings. The Morgan fingerprint density at radius 2 is 1.87 bits per heavy atom. The van der Waals surface area contributed by atoms with Crippen molar-refractivity contribution >= 4 is 15.9 Å². The summed E-state index contributed by atoms with van der Waals surface area (Å²) in [6.45, 7) is 5.27. The molecule has 128 valence electrons. The second-order valence-corrected chi connectivity index (χ2v) is 7.80. The molecular formula is C16H24N2O4S. The van der Waals surface area contributed by atoms with E-state index in [1.807, 2.05) is 19.9 Å². The summed E-state index contributed by atoms with van der Waals surface area (Å²) in [4.78, 5) is 14.4. The summed E-state index contributed by atoms with van der Waals surface area (Å²) in [5.74, 6) is 0.590.